The minimum Gasteiger partial charge on any atom is -0.461 e. The number of benzene rings is 2. The highest BCUT2D eigenvalue weighted by Crippen LogP contribution is 2.25. The van der Waals surface area contributed by atoms with Gasteiger partial charge in [-0.3, -0.25) is 4.79 Å². The third kappa shape index (κ3) is 6.77. The molecule has 0 spiro atoms. The van der Waals surface area contributed by atoms with E-state index in [0.717, 1.165) is 5.56 Å². The zero-order valence-corrected chi connectivity index (χ0v) is 18.9. The van der Waals surface area contributed by atoms with Gasteiger partial charge in [0.15, 0.2) is 0 Å². The van der Waals surface area contributed by atoms with Crippen molar-refractivity contribution in [3.63, 3.8) is 0 Å². The number of furan rings is 1. The first-order valence-electron chi connectivity index (χ1n) is 10.4. The first kappa shape index (κ1) is 23.7. The van der Waals surface area contributed by atoms with Crippen LogP contribution >= 0.6 is 0 Å². The number of halogens is 1. The summed E-state index contributed by atoms with van der Waals surface area (Å²) in [4.78, 5) is 12.3. The third-order valence-electron chi connectivity index (χ3n) is 4.75. The minimum absolute atomic E-state index is 0.150. The molecule has 0 saturated carbocycles. The third-order valence-corrected chi connectivity index (χ3v) is 6.28. The Morgan fingerprint density at radius 3 is 2.41 bits per heavy atom. The number of aryl methyl sites for hydroxylation is 1. The highest BCUT2D eigenvalue weighted by molar-refractivity contribution is 7.88. The van der Waals surface area contributed by atoms with Crippen molar-refractivity contribution in [1.29, 1.82) is 0 Å². The van der Waals surface area contributed by atoms with Gasteiger partial charge in [-0.1, -0.05) is 36.4 Å². The molecule has 3 aromatic rings. The molecule has 3 rings (SSSR count). The number of hydrogen-bond donors (Lipinski definition) is 2. The molecule has 0 radical (unpaired) electrons. The molecule has 170 valence electrons. The Morgan fingerprint density at radius 2 is 1.69 bits per heavy atom. The van der Waals surface area contributed by atoms with E-state index in [4.69, 9.17) is 4.42 Å². The molecule has 0 atom stereocenters. The van der Waals surface area contributed by atoms with E-state index in [1.165, 1.54) is 6.07 Å². The van der Waals surface area contributed by atoms with Gasteiger partial charge in [-0.15, -0.1) is 0 Å². The summed E-state index contributed by atoms with van der Waals surface area (Å²) in [5.41, 5.74) is 1.76. The van der Waals surface area contributed by atoms with Crippen LogP contribution < -0.4 is 10.0 Å². The molecule has 0 aliphatic carbocycles. The highest BCUT2D eigenvalue weighted by Gasteiger charge is 2.16. The maximum atomic E-state index is 13.9. The Hall–Kier alpha value is -2.97. The molecule has 2 N–H and O–H groups in total. The molecule has 0 saturated heterocycles. The molecule has 8 heteroatoms. The molecular weight excluding hydrogens is 431 g/mol. The maximum Gasteiger partial charge on any atom is 0.220 e. The van der Waals surface area contributed by atoms with E-state index in [1.54, 1.807) is 68.4 Å². The minimum atomic E-state index is -3.47. The number of nitrogens with one attached hydrogen (secondary N) is 2. The summed E-state index contributed by atoms with van der Waals surface area (Å²) in [6.07, 6.45) is 0.564. The monoisotopic (exact) mass is 458 g/mol. The van der Waals surface area contributed by atoms with E-state index in [0.29, 0.717) is 29.1 Å². The Bertz CT molecular complexity index is 1170. The van der Waals surface area contributed by atoms with Crippen LogP contribution in [-0.2, 0) is 33.5 Å². The smallest absolute Gasteiger partial charge is 0.220 e. The van der Waals surface area contributed by atoms with Crippen molar-refractivity contribution < 1.29 is 22.0 Å². The Morgan fingerprint density at radius 1 is 1.00 bits per heavy atom. The predicted molar refractivity (Wildman–Crippen MR) is 122 cm³/mol. The van der Waals surface area contributed by atoms with Gasteiger partial charge in [0.2, 0.25) is 15.9 Å². The molecule has 32 heavy (non-hydrogen) atoms. The fourth-order valence-corrected chi connectivity index (χ4v) is 4.81. The molecule has 1 aromatic heterocycles. The van der Waals surface area contributed by atoms with Gasteiger partial charge in [0, 0.05) is 25.4 Å². The van der Waals surface area contributed by atoms with E-state index in [1.807, 2.05) is 0 Å². The summed E-state index contributed by atoms with van der Waals surface area (Å²) < 4.78 is 46.6. The van der Waals surface area contributed by atoms with Gasteiger partial charge in [-0.2, -0.15) is 0 Å². The van der Waals surface area contributed by atoms with Crippen molar-refractivity contribution in [2.24, 2.45) is 0 Å². The topological polar surface area (TPSA) is 88.4 Å². The molecule has 1 amide bonds. The average molecular weight is 459 g/mol. The van der Waals surface area contributed by atoms with Crippen LogP contribution in [0.15, 0.2) is 65.1 Å². The van der Waals surface area contributed by atoms with Crippen molar-refractivity contribution in [1.82, 2.24) is 10.0 Å². The lowest BCUT2D eigenvalue weighted by Gasteiger charge is -2.13. The summed E-state index contributed by atoms with van der Waals surface area (Å²) >= 11 is 0. The largest absolute Gasteiger partial charge is 0.461 e. The summed E-state index contributed by atoms with van der Waals surface area (Å²) in [6, 6.07) is 16.7. The normalized spacial score (nSPS) is 11.6. The zero-order chi connectivity index (χ0) is 23.1. The van der Waals surface area contributed by atoms with Gasteiger partial charge in [-0.05, 0) is 49.2 Å². The number of amides is 1. The van der Waals surface area contributed by atoms with Crippen LogP contribution in [0.1, 0.15) is 37.2 Å². The second-order valence-electron chi connectivity index (χ2n) is 7.82. The van der Waals surface area contributed by atoms with Gasteiger partial charge >= 0.3 is 0 Å². The number of carbonyl (C=O) groups is 1. The van der Waals surface area contributed by atoms with Crippen LogP contribution in [0.25, 0.3) is 11.3 Å². The maximum absolute atomic E-state index is 13.9. The summed E-state index contributed by atoms with van der Waals surface area (Å²) in [5.74, 6) is 0.304. The van der Waals surface area contributed by atoms with Gasteiger partial charge in [0.05, 0.1) is 11.3 Å². The molecule has 0 bridgehead atoms. The molecule has 6 nitrogen and oxygen atoms in total. The Labute approximate surface area is 187 Å². The van der Waals surface area contributed by atoms with Crippen molar-refractivity contribution in [3.05, 3.63) is 83.4 Å². The molecule has 0 fully saturated rings. The quantitative estimate of drug-likeness (QED) is 0.477. The Balaban J connectivity index is 1.55. The number of hydrogen-bond acceptors (Lipinski definition) is 4. The first-order chi connectivity index (χ1) is 15.2. The van der Waals surface area contributed by atoms with E-state index < -0.39 is 10.0 Å². The van der Waals surface area contributed by atoms with Gasteiger partial charge in [-0.25, -0.2) is 17.5 Å². The highest BCUT2D eigenvalue weighted by atomic mass is 32.2. The Kier molecular flexibility index (Phi) is 7.82. The van der Waals surface area contributed by atoms with E-state index in [2.05, 4.69) is 10.0 Å². The standard InChI is InChI=1S/C24H27FN2O4S/c1-17(2)27-32(29,30)16-19-8-4-3-7-18(19)15-26-24(28)14-12-20-11-13-23(31-20)21-9-5-6-10-22(21)25/h3-11,13,17,27H,12,14-16H2,1-2H3,(H,26,28). The second kappa shape index (κ2) is 10.6. The van der Waals surface area contributed by atoms with Crippen LogP contribution in [0.3, 0.4) is 0 Å². The lowest BCUT2D eigenvalue weighted by Crippen LogP contribution is -2.32. The zero-order valence-electron chi connectivity index (χ0n) is 18.1. The molecule has 0 aliphatic heterocycles. The van der Waals surface area contributed by atoms with Crippen LogP contribution in [0.5, 0.6) is 0 Å². The van der Waals surface area contributed by atoms with E-state index in [9.17, 15) is 17.6 Å². The number of rotatable bonds is 10. The van der Waals surface area contributed by atoms with Crippen LogP contribution in [0, 0.1) is 5.82 Å². The molecular formula is C24H27FN2O4S. The van der Waals surface area contributed by atoms with Crippen molar-refractivity contribution in [2.75, 3.05) is 0 Å². The van der Waals surface area contributed by atoms with Gasteiger partial charge < -0.3 is 9.73 Å². The van der Waals surface area contributed by atoms with E-state index in [-0.39, 0.29) is 36.5 Å². The lowest BCUT2D eigenvalue weighted by atomic mass is 10.1. The van der Waals surface area contributed by atoms with Crippen molar-refractivity contribution >= 4 is 15.9 Å². The van der Waals surface area contributed by atoms with E-state index >= 15 is 0 Å². The average Bonchev–Trinajstić information content (AvgIpc) is 3.19. The van der Waals surface area contributed by atoms with Crippen molar-refractivity contribution in [2.45, 2.75) is 45.0 Å². The molecule has 1 heterocycles. The van der Waals surface area contributed by atoms with Crippen molar-refractivity contribution in [3.8, 4) is 11.3 Å². The SMILES string of the molecule is CC(C)NS(=O)(=O)Cc1ccccc1CNC(=O)CCc1ccc(-c2ccccc2F)o1. The molecule has 2 aromatic carbocycles. The summed E-state index contributed by atoms with van der Waals surface area (Å²) in [5, 5.41) is 2.83. The number of sulfonamides is 1. The molecule has 0 unspecified atom stereocenters. The summed E-state index contributed by atoms with van der Waals surface area (Å²) in [7, 11) is -3.47. The predicted octanol–water partition coefficient (Wildman–Crippen LogP) is 4.16. The van der Waals surface area contributed by atoms with Gasteiger partial charge in [0.1, 0.15) is 17.3 Å². The van der Waals surface area contributed by atoms with Crippen LogP contribution in [0.2, 0.25) is 0 Å². The summed E-state index contributed by atoms with van der Waals surface area (Å²) in [6.45, 7) is 3.76. The second-order valence-corrected chi connectivity index (χ2v) is 9.58. The van der Waals surface area contributed by atoms with Crippen LogP contribution in [0.4, 0.5) is 4.39 Å². The number of carbonyl (C=O) groups excluding carboxylic acids is 1. The fraction of sp³-hybridized carbons (Fsp3) is 0.292. The van der Waals surface area contributed by atoms with Crippen LogP contribution in [-0.4, -0.2) is 20.4 Å². The lowest BCUT2D eigenvalue weighted by molar-refractivity contribution is -0.121. The van der Waals surface area contributed by atoms with Gasteiger partial charge in [0.25, 0.3) is 0 Å². The first-order valence-corrected chi connectivity index (χ1v) is 12.1. The molecule has 0 aliphatic rings. The fourth-order valence-electron chi connectivity index (χ4n) is 3.31.